The summed E-state index contributed by atoms with van der Waals surface area (Å²) < 4.78 is 43.4. The minimum atomic E-state index is -3.56. The van der Waals surface area contributed by atoms with Gasteiger partial charge in [0.25, 0.3) is 0 Å². The Labute approximate surface area is 236 Å². The number of sulfonamides is 1. The number of fused-ring (bicyclic) bond motifs is 2. The number of rotatable bonds is 10. The maximum Gasteiger partial charge on any atom is 0.340 e. The SMILES string of the molecule is CCOC(C(=O)O[C@@H]1C[C@H]2CC[C@]1(CS(=O)(=O)N(C1CCCCC1)C1CCCCC1)C2(C)C)c1ccccc1. The molecule has 4 aliphatic rings. The lowest BCUT2D eigenvalue weighted by molar-refractivity contribution is -0.170. The lowest BCUT2D eigenvalue weighted by Gasteiger charge is -2.46. The molecule has 39 heavy (non-hydrogen) atoms. The third-order valence-electron chi connectivity index (χ3n) is 10.9. The fourth-order valence-electron chi connectivity index (χ4n) is 8.63. The number of ether oxygens (including phenoxy) is 2. The molecule has 2 bridgehead atoms. The highest BCUT2D eigenvalue weighted by Crippen LogP contribution is 2.67. The first-order valence-electron chi connectivity index (χ1n) is 15.6. The van der Waals surface area contributed by atoms with Gasteiger partial charge in [-0.05, 0) is 68.8 Å². The van der Waals surface area contributed by atoms with Crippen molar-refractivity contribution in [3.63, 3.8) is 0 Å². The van der Waals surface area contributed by atoms with Gasteiger partial charge in [0.15, 0.2) is 6.10 Å². The van der Waals surface area contributed by atoms with E-state index in [4.69, 9.17) is 9.47 Å². The van der Waals surface area contributed by atoms with Crippen molar-refractivity contribution in [2.75, 3.05) is 12.4 Å². The quantitative estimate of drug-likeness (QED) is 0.295. The molecule has 1 aromatic carbocycles. The summed E-state index contributed by atoms with van der Waals surface area (Å²) in [6.45, 7) is 6.71. The van der Waals surface area contributed by atoms with Crippen LogP contribution in [-0.2, 0) is 24.3 Å². The van der Waals surface area contributed by atoms with E-state index in [1.165, 1.54) is 12.8 Å². The third kappa shape index (κ3) is 5.57. The summed E-state index contributed by atoms with van der Waals surface area (Å²) >= 11 is 0. The van der Waals surface area contributed by atoms with Crippen molar-refractivity contribution in [2.45, 2.75) is 129 Å². The Morgan fingerprint density at radius 1 is 0.949 bits per heavy atom. The van der Waals surface area contributed by atoms with E-state index in [-0.39, 0.29) is 23.3 Å². The molecule has 0 radical (unpaired) electrons. The standard InChI is InChI=1S/C32H49NO5S/c1-4-37-29(24-14-8-5-9-15-24)30(34)38-28-22-25-20-21-32(28,31(25,2)3)23-39(35,36)33(26-16-10-6-11-17-26)27-18-12-7-13-19-27/h5,8-9,14-15,25-29H,4,6-7,10-13,16-23H2,1-3H3/t25-,28-,29?,32-/m1/s1. The van der Waals surface area contributed by atoms with Crippen LogP contribution in [0.4, 0.5) is 0 Å². The van der Waals surface area contributed by atoms with Gasteiger partial charge in [0.05, 0.1) is 5.75 Å². The van der Waals surface area contributed by atoms with Crippen LogP contribution in [0.1, 0.15) is 116 Å². The van der Waals surface area contributed by atoms with Gasteiger partial charge in [0.1, 0.15) is 6.10 Å². The van der Waals surface area contributed by atoms with Gasteiger partial charge in [-0.1, -0.05) is 82.7 Å². The van der Waals surface area contributed by atoms with E-state index in [9.17, 15) is 13.2 Å². The second-order valence-corrected chi connectivity index (χ2v) is 15.1. The second kappa shape index (κ2) is 11.8. The molecule has 0 spiro atoms. The minimum Gasteiger partial charge on any atom is -0.460 e. The normalized spacial score (nSPS) is 30.5. The summed E-state index contributed by atoms with van der Waals surface area (Å²) in [4.78, 5) is 13.6. The molecule has 6 nitrogen and oxygen atoms in total. The van der Waals surface area contributed by atoms with E-state index in [0.29, 0.717) is 12.5 Å². The maximum atomic E-state index is 14.6. The molecule has 0 saturated heterocycles. The van der Waals surface area contributed by atoms with Crippen molar-refractivity contribution >= 4 is 16.0 Å². The zero-order chi connectivity index (χ0) is 27.7. The Bertz CT molecular complexity index is 1060. The smallest absolute Gasteiger partial charge is 0.340 e. The van der Waals surface area contributed by atoms with E-state index in [1.807, 2.05) is 41.6 Å². The minimum absolute atomic E-state index is 0.0824. The van der Waals surface area contributed by atoms with E-state index in [1.54, 1.807) is 0 Å². The van der Waals surface area contributed by atoms with E-state index >= 15 is 0 Å². The Morgan fingerprint density at radius 3 is 2.08 bits per heavy atom. The van der Waals surface area contributed by atoms with Gasteiger partial charge in [-0.15, -0.1) is 0 Å². The van der Waals surface area contributed by atoms with Crippen LogP contribution in [-0.4, -0.2) is 49.2 Å². The van der Waals surface area contributed by atoms with Crippen LogP contribution in [0.3, 0.4) is 0 Å². The molecular weight excluding hydrogens is 510 g/mol. The molecule has 0 heterocycles. The van der Waals surface area contributed by atoms with Crippen molar-refractivity contribution in [3.8, 4) is 0 Å². The number of benzene rings is 1. The highest BCUT2D eigenvalue weighted by molar-refractivity contribution is 7.89. The molecule has 218 valence electrons. The van der Waals surface area contributed by atoms with Gasteiger partial charge < -0.3 is 9.47 Å². The Balaban J connectivity index is 1.43. The van der Waals surface area contributed by atoms with Crippen molar-refractivity contribution in [1.29, 1.82) is 0 Å². The van der Waals surface area contributed by atoms with E-state index in [2.05, 4.69) is 13.8 Å². The van der Waals surface area contributed by atoms with E-state index < -0.39 is 33.6 Å². The molecule has 5 rings (SSSR count). The number of hydrogen-bond acceptors (Lipinski definition) is 5. The monoisotopic (exact) mass is 559 g/mol. The fourth-order valence-corrected chi connectivity index (χ4v) is 11.5. The fraction of sp³-hybridized carbons (Fsp3) is 0.781. The lowest BCUT2D eigenvalue weighted by atomic mass is 9.69. The van der Waals surface area contributed by atoms with Crippen molar-refractivity contribution < 1.29 is 22.7 Å². The van der Waals surface area contributed by atoms with Crippen LogP contribution in [0.15, 0.2) is 30.3 Å². The molecule has 4 atom stereocenters. The van der Waals surface area contributed by atoms with Crippen LogP contribution in [0.25, 0.3) is 0 Å². The van der Waals surface area contributed by atoms with Crippen molar-refractivity contribution in [1.82, 2.24) is 4.31 Å². The molecule has 0 aliphatic heterocycles. The Kier molecular flexibility index (Phi) is 8.80. The number of carbonyl (C=O) groups excluding carboxylic acids is 1. The summed E-state index contributed by atoms with van der Waals surface area (Å²) in [5.41, 5.74) is -0.0283. The average Bonchev–Trinajstić information content (AvgIpc) is 3.28. The Morgan fingerprint density at radius 2 is 1.54 bits per heavy atom. The van der Waals surface area contributed by atoms with Crippen LogP contribution in [0.2, 0.25) is 0 Å². The van der Waals surface area contributed by atoms with Gasteiger partial charge >= 0.3 is 5.97 Å². The first-order valence-corrected chi connectivity index (χ1v) is 17.2. The molecule has 4 aliphatic carbocycles. The van der Waals surface area contributed by atoms with Crippen LogP contribution >= 0.6 is 0 Å². The summed E-state index contributed by atoms with van der Waals surface area (Å²) in [5, 5.41) is 0. The predicted octanol–water partition coefficient (Wildman–Crippen LogP) is 6.80. The average molecular weight is 560 g/mol. The van der Waals surface area contributed by atoms with Gasteiger partial charge in [-0.3, -0.25) is 0 Å². The summed E-state index contributed by atoms with van der Waals surface area (Å²) in [5.74, 6) is 0.0363. The highest BCUT2D eigenvalue weighted by Gasteiger charge is 2.67. The lowest BCUT2D eigenvalue weighted by Crippen LogP contribution is -2.54. The summed E-state index contributed by atoms with van der Waals surface area (Å²) in [6, 6.07) is 9.72. The first kappa shape index (κ1) is 29.1. The molecule has 1 aromatic rings. The largest absolute Gasteiger partial charge is 0.460 e. The zero-order valence-corrected chi connectivity index (χ0v) is 25.1. The molecule has 0 amide bonds. The topological polar surface area (TPSA) is 72.9 Å². The second-order valence-electron chi connectivity index (χ2n) is 13.2. The number of nitrogens with zero attached hydrogens (tertiary/aromatic N) is 1. The molecule has 7 heteroatoms. The zero-order valence-electron chi connectivity index (χ0n) is 24.3. The molecule has 4 fully saturated rings. The number of esters is 1. The number of hydrogen-bond donors (Lipinski definition) is 0. The van der Waals surface area contributed by atoms with E-state index in [0.717, 1.165) is 76.2 Å². The summed E-state index contributed by atoms with van der Waals surface area (Å²) in [6.07, 6.45) is 12.0. The molecule has 0 aromatic heterocycles. The maximum absolute atomic E-state index is 14.6. The molecule has 4 saturated carbocycles. The van der Waals surface area contributed by atoms with Gasteiger partial charge in [0, 0.05) is 24.1 Å². The van der Waals surface area contributed by atoms with Crippen LogP contribution in [0, 0.1) is 16.7 Å². The van der Waals surface area contributed by atoms with Crippen molar-refractivity contribution in [3.05, 3.63) is 35.9 Å². The molecular formula is C32H49NO5S. The predicted molar refractivity (Wildman–Crippen MR) is 154 cm³/mol. The third-order valence-corrected chi connectivity index (χ3v) is 13.0. The van der Waals surface area contributed by atoms with Gasteiger partial charge in [-0.25, -0.2) is 13.2 Å². The first-order chi connectivity index (χ1) is 18.7. The highest BCUT2D eigenvalue weighted by atomic mass is 32.2. The Hall–Kier alpha value is -1.44. The number of carbonyl (C=O) groups is 1. The van der Waals surface area contributed by atoms with Crippen LogP contribution in [0.5, 0.6) is 0 Å². The summed E-state index contributed by atoms with van der Waals surface area (Å²) in [7, 11) is -3.56. The molecule has 1 unspecified atom stereocenters. The van der Waals surface area contributed by atoms with Gasteiger partial charge in [-0.2, -0.15) is 4.31 Å². The van der Waals surface area contributed by atoms with Gasteiger partial charge in [0.2, 0.25) is 10.0 Å². The van der Waals surface area contributed by atoms with Crippen LogP contribution < -0.4 is 0 Å². The molecule has 0 N–H and O–H groups in total. The van der Waals surface area contributed by atoms with Crippen molar-refractivity contribution in [2.24, 2.45) is 16.7 Å².